The van der Waals surface area contributed by atoms with Gasteiger partial charge < -0.3 is 9.84 Å². The molecule has 0 atom stereocenters. The number of benzene rings is 1. The van der Waals surface area contributed by atoms with Crippen LogP contribution in [0, 0.1) is 13.8 Å². The molecule has 70 valence electrons. The Morgan fingerprint density at radius 2 is 1.92 bits per heavy atom. The first-order chi connectivity index (χ1) is 6.15. The number of para-hydroxylation sites is 1. The number of aryl methyl sites for hydroxylation is 2. The molecule has 0 amide bonds. The van der Waals surface area contributed by atoms with Crippen molar-refractivity contribution < 1.29 is 14.6 Å². The summed E-state index contributed by atoms with van der Waals surface area (Å²) in [6, 6.07) is 5.60. The van der Waals surface area contributed by atoms with Crippen LogP contribution in [0.1, 0.15) is 11.1 Å². The fourth-order valence-corrected chi connectivity index (χ4v) is 1.11. The van der Waals surface area contributed by atoms with Gasteiger partial charge in [-0.3, -0.25) is 0 Å². The maximum atomic E-state index is 10.8. The molecule has 3 heteroatoms. The minimum atomic E-state index is -0.627. The second-order valence-electron chi connectivity index (χ2n) is 2.85. The predicted octanol–water partition coefficient (Wildman–Crippen LogP) is 1.20. The highest BCUT2D eigenvalue weighted by molar-refractivity contribution is 5.74. The molecule has 0 bridgehead atoms. The summed E-state index contributed by atoms with van der Waals surface area (Å²) in [5.41, 5.74) is 1.78. The molecular formula is C10H12O3. The van der Waals surface area contributed by atoms with E-state index in [0.29, 0.717) is 5.75 Å². The van der Waals surface area contributed by atoms with Crippen molar-refractivity contribution in [2.45, 2.75) is 13.8 Å². The second kappa shape index (κ2) is 4.05. The zero-order valence-corrected chi connectivity index (χ0v) is 7.70. The Hall–Kier alpha value is -1.35. The lowest BCUT2D eigenvalue weighted by Crippen LogP contribution is -2.13. The minimum Gasteiger partial charge on any atom is -0.424 e. The van der Waals surface area contributed by atoms with Crippen LogP contribution in [0.5, 0.6) is 5.75 Å². The lowest BCUT2D eigenvalue weighted by Gasteiger charge is -2.08. The van der Waals surface area contributed by atoms with E-state index in [2.05, 4.69) is 0 Å². The van der Waals surface area contributed by atoms with Crippen LogP contribution in [0.2, 0.25) is 0 Å². The monoisotopic (exact) mass is 180 g/mol. The van der Waals surface area contributed by atoms with Crippen molar-refractivity contribution in [1.82, 2.24) is 0 Å². The van der Waals surface area contributed by atoms with Crippen LogP contribution in [0.4, 0.5) is 0 Å². The molecule has 1 N–H and O–H groups in total. The Balaban J connectivity index is 2.93. The van der Waals surface area contributed by atoms with Crippen LogP contribution in [-0.2, 0) is 4.79 Å². The molecular weight excluding hydrogens is 168 g/mol. The van der Waals surface area contributed by atoms with E-state index < -0.39 is 12.6 Å². The van der Waals surface area contributed by atoms with Gasteiger partial charge in [-0.15, -0.1) is 0 Å². The standard InChI is InChI=1S/C10H12O3/c1-7-4-3-5-8(2)10(7)13-9(12)6-11/h3-5,11H,6H2,1-2H3. The summed E-state index contributed by atoms with van der Waals surface area (Å²) in [6.45, 7) is 3.12. The lowest BCUT2D eigenvalue weighted by molar-refractivity contribution is -0.137. The van der Waals surface area contributed by atoms with Crippen LogP contribution in [0.25, 0.3) is 0 Å². The first-order valence-corrected chi connectivity index (χ1v) is 4.03. The predicted molar refractivity (Wildman–Crippen MR) is 48.6 cm³/mol. The molecule has 0 saturated heterocycles. The number of hydrogen-bond donors (Lipinski definition) is 1. The van der Waals surface area contributed by atoms with Gasteiger partial charge in [-0.05, 0) is 25.0 Å². The van der Waals surface area contributed by atoms with Crippen molar-refractivity contribution in [1.29, 1.82) is 0 Å². The third-order valence-electron chi connectivity index (χ3n) is 1.75. The van der Waals surface area contributed by atoms with Crippen molar-refractivity contribution in [2.75, 3.05) is 6.61 Å². The third-order valence-corrected chi connectivity index (χ3v) is 1.75. The molecule has 0 aromatic heterocycles. The van der Waals surface area contributed by atoms with E-state index in [-0.39, 0.29) is 0 Å². The SMILES string of the molecule is Cc1cccc(C)c1OC(=O)CO. The maximum Gasteiger partial charge on any atom is 0.337 e. The normalized spacial score (nSPS) is 9.77. The Labute approximate surface area is 77.0 Å². The molecule has 0 unspecified atom stereocenters. The van der Waals surface area contributed by atoms with Gasteiger partial charge in [-0.25, -0.2) is 4.79 Å². The molecule has 1 aromatic rings. The van der Waals surface area contributed by atoms with Crippen molar-refractivity contribution >= 4 is 5.97 Å². The average molecular weight is 180 g/mol. The number of carbonyl (C=O) groups excluding carboxylic acids is 1. The third kappa shape index (κ3) is 2.29. The van der Waals surface area contributed by atoms with Crippen LogP contribution in [0.3, 0.4) is 0 Å². The van der Waals surface area contributed by atoms with Crippen LogP contribution >= 0.6 is 0 Å². The first-order valence-electron chi connectivity index (χ1n) is 4.03. The highest BCUT2D eigenvalue weighted by Crippen LogP contribution is 2.22. The summed E-state index contributed by atoms with van der Waals surface area (Å²) in [5, 5.41) is 8.50. The zero-order valence-electron chi connectivity index (χ0n) is 7.70. The zero-order chi connectivity index (χ0) is 9.84. The molecule has 0 fully saturated rings. The molecule has 3 nitrogen and oxygen atoms in total. The van der Waals surface area contributed by atoms with Gasteiger partial charge in [0, 0.05) is 0 Å². The van der Waals surface area contributed by atoms with E-state index in [9.17, 15) is 4.79 Å². The van der Waals surface area contributed by atoms with E-state index in [4.69, 9.17) is 9.84 Å². The molecule has 1 rings (SSSR count). The Morgan fingerprint density at radius 1 is 1.38 bits per heavy atom. The smallest absolute Gasteiger partial charge is 0.337 e. The van der Waals surface area contributed by atoms with Crippen LogP contribution < -0.4 is 4.74 Å². The molecule has 1 aromatic carbocycles. The van der Waals surface area contributed by atoms with Gasteiger partial charge in [0.1, 0.15) is 12.4 Å². The van der Waals surface area contributed by atoms with Gasteiger partial charge in [-0.1, -0.05) is 18.2 Å². The quantitative estimate of drug-likeness (QED) is 0.549. The van der Waals surface area contributed by atoms with Gasteiger partial charge in [-0.2, -0.15) is 0 Å². The van der Waals surface area contributed by atoms with Crippen molar-refractivity contribution in [3.63, 3.8) is 0 Å². The Kier molecular flexibility index (Phi) is 3.03. The topological polar surface area (TPSA) is 46.5 Å². The van der Waals surface area contributed by atoms with Gasteiger partial charge >= 0.3 is 5.97 Å². The van der Waals surface area contributed by atoms with Crippen LogP contribution in [0.15, 0.2) is 18.2 Å². The van der Waals surface area contributed by atoms with Crippen LogP contribution in [-0.4, -0.2) is 17.7 Å². The number of hydrogen-bond acceptors (Lipinski definition) is 3. The molecule has 0 aliphatic heterocycles. The van der Waals surface area contributed by atoms with E-state index in [1.165, 1.54) is 0 Å². The van der Waals surface area contributed by atoms with Gasteiger partial charge in [0.25, 0.3) is 0 Å². The average Bonchev–Trinajstić information content (AvgIpc) is 2.11. The maximum absolute atomic E-state index is 10.8. The number of rotatable bonds is 2. The number of aliphatic hydroxyl groups is 1. The van der Waals surface area contributed by atoms with E-state index in [0.717, 1.165) is 11.1 Å². The van der Waals surface area contributed by atoms with Gasteiger partial charge in [0.05, 0.1) is 0 Å². The molecule has 0 aliphatic rings. The molecule has 0 spiro atoms. The van der Waals surface area contributed by atoms with Crippen molar-refractivity contribution in [3.8, 4) is 5.75 Å². The summed E-state index contributed by atoms with van der Waals surface area (Å²) in [7, 11) is 0. The van der Waals surface area contributed by atoms with Crippen molar-refractivity contribution in [2.24, 2.45) is 0 Å². The molecule has 0 saturated carbocycles. The van der Waals surface area contributed by atoms with Gasteiger partial charge in [0.15, 0.2) is 0 Å². The summed E-state index contributed by atoms with van der Waals surface area (Å²) >= 11 is 0. The van der Waals surface area contributed by atoms with E-state index in [1.807, 2.05) is 32.0 Å². The fraction of sp³-hybridized carbons (Fsp3) is 0.300. The molecule has 13 heavy (non-hydrogen) atoms. The molecule has 0 heterocycles. The Bertz CT molecular complexity index is 298. The van der Waals surface area contributed by atoms with Crippen molar-refractivity contribution in [3.05, 3.63) is 29.3 Å². The number of carbonyl (C=O) groups is 1. The summed E-state index contributed by atoms with van der Waals surface area (Å²) in [5.74, 6) is -0.0843. The van der Waals surface area contributed by atoms with E-state index in [1.54, 1.807) is 0 Å². The second-order valence-corrected chi connectivity index (χ2v) is 2.85. The molecule has 0 radical (unpaired) electrons. The number of ether oxygens (including phenoxy) is 1. The lowest BCUT2D eigenvalue weighted by atomic mass is 10.1. The largest absolute Gasteiger partial charge is 0.424 e. The molecule has 0 aliphatic carbocycles. The number of aliphatic hydroxyl groups excluding tert-OH is 1. The highest BCUT2D eigenvalue weighted by Gasteiger charge is 2.07. The Morgan fingerprint density at radius 3 is 2.38 bits per heavy atom. The fourth-order valence-electron chi connectivity index (χ4n) is 1.11. The highest BCUT2D eigenvalue weighted by atomic mass is 16.5. The number of esters is 1. The first kappa shape index (κ1) is 9.74. The van der Waals surface area contributed by atoms with E-state index >= 15 is 0 Å². The summed E-state index contributed by atoms with van der Waals surface area (Å²) in [4.78, 5) is 10.8. The minimum absolute atomic E-state index is 0.543. The summed E-state index contributed by atoms with van der Waals surface area (Å²) in [6.07, 6.45) is 0. The van der Waals surface area contributed by atoms with Gasteiger partial charge in [0.2, 0.25) is 0 Å². The summed E-state index contributed by atoms with van der Waals surface area (Å²) < 4.78 is 4.94.